The summed E-state index contributed by atoms with van der Waals surface area (Å²) in [6.45, 7) is -0.282. The van der Waals surface area contributed by atoms with Crippen LogP contribution in [0.25, 0.3) is 0 Å². The maximum absolute atomic E-state index is 13.7. The molecule has 0 radical (unpaired) electrons. The molecule has 8 heterocycles. The zero-order chi connectivity index (χ0) is 31.2. The minimum atomic E-state index is -0.754. The fraction of sp³-hybridized carbons (Fsp3) is 0.438. The lowest BCUT2D eigenvalue weighted by Crippen LogP contribution is -2.45. The summed E-state index contributed by atoms with van der Waals surface area (Å²) in [5, 5.41) is 8.42. The van der Waals surface area contributed by atoms with Gasteiger partial charge in [-0.15, -0.1) is 0 Å². The van der Waals surface area contributed by atoms with Crippen LogP contribution in [0.1, 0.15) is 11.1 Å². The summed E-state index contributed by atoms with van der Waals surface area (Å²) in [5.41, 5.74) is 2.39. The van der Waals surface area contributed by atoms with Crippen LogP contribution in [0.15, 0.2) is 58.8 Å². The number of hydrogen-bond donors (Lipinski definition) is 0. The van der Waals surface area contributed by atoms with Crippen molar-refractivity contribution in [2.75, 3.05) is 13.1 Å². The number of amides is 4. The van der Waals surface area contributed by atoms with E-state index >= 15 is 0 Å². The van der Waals surface area contributed by atoms with Gasteiger partial charge in [0, 0.05) is 24.2 Å². The van der Waals surface area contributed by atoms with E-state index in [0.717, 1.165) is 9.80 Å². The van der Waals surface area contributed by atoms with Crippen LogP contribution >= 0.6 is 0 Å². The molecule has 0 aromatic heterocycles. The number of benzene rings is 2. The normalized spacial score (nSPS) is 40.7. The molecule has 234 valence electrons. The van der Waals surface area contributed by atoms with Crippen molar-refractivity contribution in [3.63, 3.8) is 0 Å². The Morgan fingerprint density at radius 3 is 1.22 bits per heavy atom. The first kappa shape index (κ1) is 26.6. The number of nitrogens with zero attached hydrogens (tertiary/aromatic N) is 4. The monoisotopic (exact) mass is 630 g/mol. The van der Waals surface area contributed by atoms with E-state index in [-0.39, 0.29) is 13.1 Å². The summed E-state index contributed by atoms with van der Waals surface area (Å²) in [5.74, 6) is -6.27. The summed E-state index contributed by atoms with van der Waals surface area (Å²) in [6.07, 6.45) is -3.75. The van der Waals surface area contributed by atoms with E-state index in [4.69, 9.17) is 19.1 Å². The Morgan fingerprint density at radius 1 is 0.500 bits per heavy atom. The molecule has 2 aromatic rings. The van der Waals surface area contributed by atoms with Crippen molar-refractivity contribution in [3.8, 4) is 0 Å². The molecule has 2 aromatic carbocycles. The van der Waals surface area contributed by atoms with Crippen LogP contribution in [-0.2, 0) is 38.3 Å². The second-order valence-electron chi connectivity index (χ2n) is 13.0. The molecule has 0 saturated carbocycles. The van der Waals surface area contributed by atoms with Gasteiger partial charge in [0.05, 0.1) is 59.1 Å². The summed E-state index contributed by atoms with van der Waals surface area (Å²) < 4.78 is 39.3. The predicted molar refractivity (Wildman–Crippen MR) is 147 cm³/mol. The highest BCUT2D eigenvalue weighted by Gasteiger charge is 2.73. The smallest absolute Gasteiger partial charge is 0.236 e. The van der Waals surface area contributed by atoms with Crippen molar-refractivity contribution in [2.45, 2.75) is 36.6 Å². The van der Waals surface area contributed by atoms with E-state index in [1.807, 2.05) is 0 Å². The van der Waals surface area contributed by atoms with Gasteiger partial charge in [-0.25, -0.2) is 8.78 Å². The number of imide groups is 2. The van der Waals surface area contributed by atoms with Gasteiger partial charge in [-0.1, -0.05) is 34.6 Å². The largest absolute Gasteiger partial charge is 0.389 e. The van der Waals surface area contributed by atoms with Crippen molar-refractivity contribution < 1.29 is 47.1 Å². The molecule has 8 aliphatic rings. The van der Waals surface area contributed by atoms with Gasteiger partial charge < -0.3 is 19.1 Å². The van der Waals surface area contributed by atoms with Crippen LogP contribution < -0.4 is 0 Å². The molecule has 0 unspecified atom stereocenters. The zero-order valence-corrected chi connectivity index (χ0v) is 23.8. The maximum atomic E-state index is 13.7. The van der Waals surface area contributed by atoms with E-state index in [1.54, 1.807) is 24.3 Å². The van der Waals surface area contributed by atoms with Gasteiger partial charge in [0.1, 0.15) is 23.8 Å². The third-order valence-electron chi connectivity index (χ3n) is 11.1. The van der Waals surface area contributed by atoms with Gasteiger partial charge in [-0.05, 0) is 24.3 Å². The molecule has 12 atom stereocenters. The van der Waals surface area contributed by atoms with Crippen molar-refractivity contribution in [2.24, 2.45) is 45.8 Å². The van der Waals surface area contributed by atoms with E-state index in [9.17, 15) is 28.0 Å². The second kappa shape index (κ2) is 9.04. The lowest BCUT2D eigenvalue weighted by Gasteiger charge is -2.26. The number of oxime groups is 2. The summed E-state index contributed by atoms with van der Waals surface area (Å²) >= 11 is 0. The number of rotatable bonds is 5. The van der Waals surface area contributed by atoms with Crippen LogP contribution in [-0.4, -0.2) is 94.6 Å². The zero-order valence-electron chi connectivity index (χ0n) is 23.8. The highest BCUT2D eigenvalue weighted by atomic mass is 19.1. The maximum Gasteiger partial charge on any atom is 0.236 e. The molecular weight excluding hydrogens is 606 g/mol. The average Bonchev–Trinajstić information content (AvgIpc) is 3.90. The molecule has 0 aliphatic carbocycles. The van der Waals surface area contributed by atoms with E-state index in [2.05, 4.69) is 10.3 Å². The molecule has 0 spiro atoms. The van der Waals surface area contributed by atoms with Gasteiger partial charge >= 0.3 is 0 Å². The van der Waals surface area contributed by atoms with Crippen molar-refractivity contribution in [1.82, 2.24) is 9.80 Å². The molecule has 4 amide bonds. The molecule has 0 N–H and O–H groups in total. The van der Waals surface area contributed by atoms with Gasteiger partial charge in [0.2, 0.25) is 23.6 Å². The highest BCUT2D eigenvalue weighted by Crippen LogP contribution is 2.56. The topological polar surface area (TPSA) is 136 Å². The molecule has 12 nitrogen and oxygen atoms in total. The molecule has 14 heteroatoms. The summed E-state index contributed by atoms with van der Waals surface area (Å²) in [7, 11) is 0. The van der Waals surface area contributed by atoms with Gasteiger partial charge in [-0.2, -0.15) is 0 Å². The number of carbonyl (C=O) groups excluding carboxylic acids is 4. The minimum absolute atomic E-state index is 0.141. The number of ether oxygens (including phenoxy) is 2. The van der Waals surface area contributed by atoms with Crippen LogP contribution in [0, 0.1) is 47.1 Å². The van der Waals surface area contributed by atoms with Crippen molar-refractivity contribution in [1.29, 1.82) is 0 Å². The van der Waals surface area contributed by atoms with Crippen LogP contribution in [0.5, 0.6) is 0 Å². The quantitative estimate of drug-likeness (QED) is 0.444. The lowest BCUT2D eigenvalue weighted by molar-refractivity contribution is -0.148. The van der Waals surface area contributed by atoms with Crippen molar-refractivity contribution in [3.05, 3.63) is 71.3 Å². The standard InChI is InChI=1S/C32H24F2N4O8/c33-13-5-1-11(2-6-13)21-19-23-15-17(25(43-23)27(19)45-35-21)31(41)37(29(15)39)9-10-38-30(40)16-18(32(38)42)26-28-20(24(16)44-26)22(36-46-28)12-3-7-14(34)8-4-12/h1-8,15-20,23-28H,9-10H2/t15-,16-,17+,18+,19-,20-,23-,24-,25+,26+,27-,28-/m1/s1. The lowest BCUT2D eigenvalue weighted by atomic mass is 9.71. The fourth-order valence-electron chi connectivity index (χ4n) is 9.20. The van der Waals surface area contributed by atoms with Crippen LogP contribution in [0.2, 0.25) is 0 Å². The molecule has 6 fully saturated rings. The van der Waals surface area contributed by atoms with Gasteiger partial charge in [-0.3, -0.25) is 29.0 Å². The molecular formula is C32H24F2N4O8. The van der Waals surface area contributed by atoms with Crippen LogP contribution in [0.3, 0.4) is 0 Å². The Morgan fingerprint density at radius 2 is 0.848 bits per heavy atom. The average molecular weight is 631 g/mol. The fourth-order valence-corrected chi connectivity index (χ4v) is 9.20. The molecule has 8 aliphatic heterocycles. The third kappa shape index (κ3) is 3.22. The Bertz CT molecular complexity index is 1690. The van der Waals surface area contributed by atoms with E-state index < -0.39 is 107 Å². The molecule has 4 bridgehead atoms. The van der Waals surface area contributed by atoms with Crippen LogP contribution in [0.4, 0.5) is 8.78 Å². The Balaban J connectivity index is 0.853. The number of halogens is 2. The predicted octanol–water partition coefficient (Wildman–Crippen LogP) is 0.868. The van der Waals surface area contributed by atoms with E-state index in [1.165, 1.54) is 24.3 Å². The summed E-state index contributed by atoms with van der Waals surface area (Å²) in [6, 6.07) is 11.6. The molecule has 10 rings (SSSR count). The second-order valence-corrected chi connectivity index (χ2v) is 13.0. The number of carbonyl (C=O) groups is 4. The van der Waals surface area contributed by atoms with E-state index in [0.29, 0.717) is 22.6 Å². The Hall–Kier alpha value is -4.56. The van der Waals surface area contributed by atoms with Crippen molar-refractivity contribution >= 4 is 35.1 Å². The molecule has 6 saturated heterocycles. The van der Waals surface area contributed by atoms with Gasteiger partial charge in [0.25, 0.3) is 0 Å². The number of likely N-dealkylation sites (tertiary alicyclic amines) is 2. The third-order valence-corrected chi connectivity index (χ3v) is 11.1. The highest BCUT2D eigenvalue weighted by molar-refractivity contribution is 6.11. The van der Waals surface area contributed by atoms with Gasteiger partial charge in [0.15, 0.2) is 12.2 Å². The first-order valence-corrected chi connectivity index (χ1v) is 15.3. The first-order valence-electron chi connectivity index (χ1n) is 15.3. The Kier molecular flexibility index (Phi) is 5.23. The Labute approximate surface area is 258 Å². The number of fused-ring (bicyclic) bond motifs is 16. The SMILES string of the molecule is O=C1[C@@H]2[C@@H]3O[C@@H]([C@H]4C(c5ccc(F)cc5)=NO[C@@H]34)[C@@H]2C(=O)N1CCN1C(=O)[C@@H]2[C@@H]3O[C@@H]([C@H]4C(c5ccc(F)cc5)=NO[C@@H]34)[C@@H]2C1=O. The minimum Gasteiger partial charge on any atom is -0.389 e. The molecule has 46 heavy (non-hydrogen) atoms. The summed E-state index contributed by atoms with van der Waals surface area (Å²) in [4.78, 5) is 68.2. The first-order chi connectivity index (χ1) is 22.3. The number of hydrogen-bond acceptors (Lipinski definition) is 10.